The molecule has 0 radical (unpaired) electrons. The van der Waals surface area contributed by atoms with Gasteiger partial charge in [-0.3, -0.25) is 9.89 Å². The third kappa shape index (κ3) is 1.97. The zero-order chi connectivity index (χ0) is 13.4. The van der Waals surface area contributed by atoms with Crippen LogP contribution < -0.4 is 10.2 Å². The number of fused-ring (bicyclic) bond motifs is 1. The fourth-order valence-corrected chi connectivity index (χ4v) is 2.61. The molecule has 5 nitrogen and oxygen atoms in total. The Bertz CT molecular complexity index is 617. The number of amides is 1. The summed E-state index contributed by atoms with van der Waals surface area (Å²) in [7, 11) is 4.02. The van der Waals surface area contributed by atoms with Crippen molar-refractivity contribution in [2.75, 3.05) is 24.3 Å². The highest BCUT2D eigenvalue weighted by atomic mass is 16.1. The molecule has 1 amide bonds. The average molecular weight is 256 g/mol. The first-order valence-electron chi connectivity index (χ1n) is 6.26. The minimum absolute atomic E-state index is 0.0234. The Morgan fingerprint density at radius 1 is 1.26 bits per heavy atom. The van der Waals surface area contributed by atoms with Gasteiger partial charge < -0.3 is 10.2 Å². The number of carbonyl (C=O) groups excluding carboxylic acids is 1. The average Bonchev–Trinajstić information content (AvgIpc) is 2.85. The highest BCUT2D eigenvalue weighted by Crippen LogP contribution is 2.39. The summed E-state index contributed by atoms with van der Waals surface area (Å²) in [4.78, 5) is 13.9. The van der Waals surface area contributed by atoms with Crippen LogP contribution in [0.1, 0.15) is 23.5 Å². The van der Waals surface area contributed by atoms with Crippen molar-refractivity contribution >= 4 is 17.4 Å². The second-order valence-corrected chi connectivity index (χ2v) is 4.96. The minimum atomic E-state index is 0.0234. The lowest BCUT2D eigenvalue weighted by Crippen LogP contribution is -2.24. The third-order valence-corrected chi connectivity index (χ3v) is 3.49. The fraction of sp³-hybridized carbons (Fsp3) is 0.286. The monoisotopic (exact) mass is 256 g/mol. The molecule has 0 bridgehead atoms. The molecule has 2 heterocycles. The van der Waals surface area contributed by atoms with Crippen LogP contribution >= 0.6 is 0 Å². The maximum absolute atomic E-state index is 11.8. The number of H-pyrrole nitrogens is 1. The number of benzene rings is 1. The van der Waals surface area contributed by atoms with Crippen LogP contribution in [0.4, 0.5) is 11.5 Å². The Morgan fingerprint density at radius 3 is 2.84 bits per heavy atom. The predicted octanol–water partition coefficient (Wildman–Crippen LogP) is 1.95. The van der Waals surface area contributed by atoms with E-state index in [9.17, 15) is 4.79 Å². The van der Waals surface area contributed by atoms with Crippen molar-refractivity contribution in [3.05, 3.63) is 41.6 Å². The van der Waals surface area contributed by atoms with Gasteiger partial charge in [0.2, 0.25) is 5.91 Å². The lowest BCUT2D eigenvalue weighted by molar-refractivity contribution is -0.116. The number of nitrogens with one attached hydrogen (secondary N) is 2. The molecule has 0 saturated carbocycles. The van der Waals surface area contributed by atoms with Crippen molar-refractivity contribution < 1.29 is 4.79 Å². The topological polar surface area (TPSA) is 61.0 Å². The van der Waals surface area contributed by atoms with Crippen molar-refractivity contribution in [2.24, 2.45) is 0 Å². The highest BCUT2D eigenvalue weighted by Gasteiger charge is 2.29. The van der Waals surface area contributed by atoms with Gasteiger partial charge in [0, 0.05) is 37.7 Å². The maximum atomic E-state index is 11.8. The molecule has 0 aliphatic carbocycles. The standard InChI is InChI=1S/C14H16N4O/c1-18(2)12-6-4-3-5-9(12)10-7-13(19)16-14-11(10)8-15-17-14/h3-6,8,10H,7H2,1-2H3,(H2,15,16,17,19). The molecule has 1 aromatic heterocycles. The van der Waals surface area contributed by atoms with Crippen molar-refractivity contribution in [1.82, 2.24) is 10.2 Å². The van der Waals surface area contributed by atoms with E-state index in [4.69, 9.17) is 0 Å². The van der Waals surface area contributed by atoms with Crippen LogP contribution in [0.3, 0.4) is 0 Å². The second-order valence-electron chi connectivity index (χ2n) is 4.96. The SMILES string of the molecule is CN(C)c1ccccc1C1CC(=O)Nc2[nH]ncc21. The molecule has 5 heteroatoms. The molecule has 1 atom stereocenters. The van der Waals surface area contributed by atoms with E-state index in [0.717, 1.165) is 22.6 Å². The molecule has 19 heavy (non-hydrogen) atoms. The molecule has 0 fully saturated rings. The highest BCUT2D eigenvalue weighted by molar-refractivity contribution is 5.94. The molecular weight excluding hydrogens is 240 g/mol. The van der Waals surface area contributed by atoms with E-state index < -0.39 is 0 Å². The van der Waals surface area contributed by atoms with Crippen LogP contribution in [0.25, 0.3) is 0 Å². The molecule has 2 aromatic rings. The van der Waals surface area contributed by atoms with Crippen molar-refractivity contribution in [3.8, 4) is 0 Å². The Labute approximate surface area is 111 Å². The van der Waals surface area contributed by atoms with Crippen LogP contribution in [0.15, 0.2) is 30.5 Å². The van der Waals surface area contributed by atoms with E-state index in [1.807, 2.05) is 26.2 Å². The van der Waals surface area contributed by atoms with Crippen LogP contribution in [0, 0.1) is 0 Å². The maximum Gasteiger partial charge on any atom is 0.226 e. The summed E-state index contributed by atoms with van der Waals surface area (Å²) in [6, 6.07) is 8.17. The summed E-state index contributed by atoms with van der Waals surface area (Å²) in [6.07, 6.45) is 2.25. The lowest BCUT2D eigenvalue weighted by Gasteiger charge is -2.26. The number of hydrogen-bond acceptors (Lipinski definition) is 3. The first kappa shape index (κ1) is 11.8. The zero-order valence-corrected chi connectivity index (χ0v) is 11.0. The molecule has 1 aromatic carbocycles. The molecule has 0 spiro atoms. The summed E-state index contributed by atoms with van der Waals surface area (Å²) in [5, 5.41) is 9.69. The van der Waals surface area contributed by atoms with E-state index in [1.54, 1.807) is 6.20 Å². The first-order valence-corrected chi connectivity index (χ1v) is 6.26. The van der Waals surface area contributed by atoms with Gasteiger partial charge in [-0.15, -0.1) is 0 Å². The van der Waals surface area contributed by atoms with Gasteiger partial charge in [0.25, 0.3) is 0 Å². The van der Waals surface area contributed by atoms with Gasteiger partial charge in [0.05, 0.1) is 6.20 Å². The number of hydrogen-bond donors (Lipinski definition) is 2. The van der Waals surface area contributed by atoms with Gasteiger partial charge in [-0.1, -0.05) is 18.2 Å². The summed E-state index contributed by atoms with van der Waals surface area (Å²) < 4.78 is 0. The lowest BCUT2D eigenvalue weighted by atomic mass is 9.86. The minimum Gasteiger partial charge on any atom is -0.377 e. The molecule has 98 valence electrons. The van der Waals surface area contributed by atoms with Gasteiger partial charge in [-0.05, 0) is 11.6 Å². The van der Waals surface area contributed by atoms with Crippen molar-refractivity contribution in [2.45, 2.75) is 12.3 Å². The number of rotatable bonds is 2. The summed E-state index contributed by atoms with van der Waals surface area (Å²) in [6.45, 7) is 0. The van der Waals surface area contributed by atoms with Gasteiger partial charge in [0.15, 0.2) is 0 Å². The summed E-state index contributed by atoms with van der Waals surface area (Å²) in [5.41, 5.74) is 3.34. The van der Waals surface area contributed by atoms with E-state index >= 15 is 0 Å². The molecule has 1 unspecified atom stereocenters. The van der Waals surface area contributed by atoms with Gasteiger partial charge in [-0.25, -0.2) is 0 Å². The molecule has 1 aliphatic heterocycles. The third-order valence-electron chi connectivity index (χ3n) is 3.49. The first-order chi connectivity index (χ1) is 9.16. The predicted molar refractivity (Wildman–Crippen MR) is 74.4 cm³/mol. The number of para-hydroxylation sites is 1. The summed E-state index contributed by atoms with van der Waals surface area (Å²) >= 11 is 0. The molecule has 1 aliphatic rings. The molecular formula is C14H16N4O. The Hall–Kier alpha value is -2.30. The van der Waals surface area contributed by atoms with E-state index in [0.29, 0.717) is 6.42 Å². The Balaban J connectivity index is 2.11. The van der Waals surface area contributed by atoms with Crippen LogP contribution in [0.2, 0.25) is 0 Å². The van der Waals surface area contributed by atoms with Gasteiger partial charge in [-0.2, -0.15) is 5.10 Å². The Morgan fingerprint density at radius 2 is 2.05 bits per heavy atom. The van der Waals surface area contributed by atoms with Crippen molar-refractivity contribution in [3.63, 3.8) is 0 Å². The number of carbonyl (C=O) groups is 1. The fourth-order valence-electron chi connectivity index (χ4n) is 2.61. The number of anilines is 2. The zero-order valence-electron chi connectivity index (χ0n) is 11.0. The molecule has 3 rings (SSSR count). The quantitative estimate of drug-likeness (QED) is 0.863. The second kappa shape index (κ2) is 4.42. The van der Waals surface area contributed by atoms with Crippen molar-refractivity contribution in [1.29, 1.82) is 0 Å². The van der Waals surface area contributed by atoms with Gasteiger partial charge >= 0.3 is 0 Å². The van der Waals surface area contributed by atoms with E-state index in [2.05, 4.69) is 32.5 Å². The number of nitrogens with zero attached hydrogens (tertiary/aromatic N) is 2. The van der Waals surface area contributed by atoms with Crippen LogP contribution in [0.5, 0.6) is 0 Å². The van der Waals surface area contributed by atoms with E-state index in [-0.39, 0.29) is 11.8 Å². The van der Waals surface area contributed by atoms with E-state index in [1.165, 1.54) is 0 Å². The largest absolute Gasteiger partial charge is 0.377 e. The van der Waals surface area contributed by atoms with Crippen LogP contribution in [-0.2, 0) is 4.79 Å². The number of aromatic amines is 1. The van der Waals surface area contributed by atoms with Gasteiger partial charge in [0.1, 0.15) is 5.82 Å². The van der Waals surface area contributed by atoms with Crippen LogP contribution in [-0.4, -0.2) is 30.2 Å². The number of aromatic nitrogens is 2. The molecule has 0 saturated heterocycles. The molecule has 2 N–H and O–H groups in total. The smallest absolute Gasteiger partial charge is 0.226 e. The Kier molecular flexibility index (Phi) is 2.74. The normalized spacial score (nSPS) is 17.8. The summed E-state index contributed by atoms with van der Waals surface area (Å²) in [5.74, 6) is 0.797.